The van der Waals surface area contributed by atoms with E-state index in [1.165, 1.54) is 7.11 Å². The molecule has 3 heterocycles. The molecule has 0 unspecified atom stereocenters. The maximum absolute atomic E-state index is 15.0. The van der Waals surface area contributed by atoms with Crippen LogP contribution >= 0.6 is 0 Å². The van der Waals surface area contributed by atoms with Crippen molar-refractivity contribution in [1.82, 2.24) is 9.97 Å². The average Bonchev–Trinajstić information content (AvgIpc) is 3.21. The van der Waals surface area contributed by atoms with E-state index in [4.69, 9.17) is 14.2 Å². The number of nitrogens with one attached hydrogen (secondary N) is 2. The highest BCUT2D eigenvalue weighted by atomic mass is 19.1. The SMILES string of the molecule is COCCOc1c(F)c(NN=Cc2c[nH]c3ccccc23)nc(N2CCOCC2)c1F. The monoisotopic (exact) mass is 431 g/mol. The Kier molecular flexibility index (Phi) is 6.58. The van der Waals surface area contributed by atoms with Crippen LogP contribution in [0.25, 0.3) is 10.9 Å². The van der Waals surface area contributed by atoms with E-state index in [2.05, 4.69) is 20.5 Å². The van der Waals surface area contributed by atoms with Gasteiger partial charge in [0.25, 0.3) is 0 Å². The highest BCUT2D eigenvalue weighted by Gasteiger charge is 2.26. The van der Waals surface area contributed by atoms with Gasteiger partial charge < -0.3 is 24.1 Å². The number of hydrogen-bond acceptors (Lipinski definition) is 7. The molecule has 3 aromatic rings. The summed E-state index contributed by atoms with van der Waals surface area (Å²) in [5.41, 5.74) is 4.36. The number of methoxy groups -OCH3 is 1. The molecule has 4 rings (SSSR count). The second-order valence-corrected chi connectivity index (χ2v) is 6.84. The Morgan fingerprint density at radius 2 is 2.03 bits per heavy atom. The van der Waals surface area contributed by atoms with Crippen LogP contribution in [0.5, 0.6) is 5.75 Å². The van der Waals surface area contributed by atoms with Crippen LogP contribution in [0.3, 0.4) is 0 Å². The van der Waals surface area contributed by atoms with Crippen LogP contribution in [-0.4, -0.2) is 62.8 Å². The van der Waals surface area contributed by atoms with Crippen molar-refractivity contribution < 1.29 is 23.0 Å². The Hall–Kier alpha value is -3.24. The smallest absolute Gasteiger partial charge is 0.212 e. The van der Waals surface area contributed by atoms with Crippen molar-refractivity contribution in [2.75, 3.05) is 57.0 Å². The molecule has 10 heteroatoms. The zero-order valence-corrected chi connectivity index (χ0v) is 17.0. The number of ether oxygens (including phenoxy) is 3. The fourth-order valence-corrected chi connectivity index (χ4v) is 3.29. The summed E-state index contributed by atoms with van der Waals surface area (Å²) in [4.78, 5) is 8.97. The van der Waals surface area contributed by atoms with E-state index in [-0.39, 0.29) is 24.8 Å². The van der Waals surface area contributed by atoms with Gasteiger partial charge in [-0.3, -0.25) is 5.43 Å². The number of pyridine rings is 1. The molecule has 0 amide bonds. The van der Waals surface area contributed by atoms with Gasteiger partial charge in [-0.05, 0) is 6.07 Å². The van der Waals surface area contributed by atoms with Gasteiger partial charge in [0.15, 0.2) is 17.4 Å². The van der Waals surface area contributed by atoms with Crippen molar-refractivity contribution in [3.63, 3.8) is 0 Å². The quantitative estimate of drug-likeness (QED) is 0.324. The molecule has 1 aliphatic rings. The van der Waals surface area contributed by atoms with Crippen LogP contribution in [0.15, 0.2) is 35.6 Å². The fourth-order valence-electron chi connectivity index (χ4n) is 3.29. The lowest BCUT2D eigenvalue weighted by atomic mass is 10.2. The van der Waals surface area contributed by atoms with Gasteiger partial charge in [-0.15, -0.1) is 0 Å². The first-order valence-corrected chi connectivity index (χ1v) is 9.87. The third-order valence-corrected chi connectivity index (χ3v) is 4.86. The summed E-state index contributed by atoms with van der Waals surface area (Å²) in [6, 6.07) is 7.73. The number of anilines is 2. The van der Waals surface area contributed by atoms with Crippen molar-refractivity contribution in [1.29, 1.82) is 0 Å². The van der Waals surface area contributed by atoms with Gasteiger partial charge in [-0.2, -0.15) is 13.9 Å². The molecule has 2 N–H and O–H groups in total. The summed E-state index contributed by atoms with van der Waals surface area (Å²) in [7, 11) is 1.48. The first-order valence-electron chi connectivity index (χ1n) is 9.87. The molecule has 164 valence electrons. The molecular weight excluding hydrogens is 408 g/mol. The molecule has 0 saturated carbocycles. The predicted octanol–water partition coefficient (Wildman–Crippen LogP) is 3.15. The molecule has 1 aromatic carbocycles. The van der Waals surface area contributed by atoms with E-state index in [1.807, 2.05) is 24.3 Å². The number of benzene rings is 1. The van der Waals surface area contributed by atoms with Gasteiger partial charge in [0, 0.05) is 42.9 Å². The minimum Gasteiger partial charge on any atom is -0.485 e. The third-order valence-electron chi connectivity index (χ3n) is 4.86. The van der Waals surface area contributed by atoms with Gasteiger partial charge in [0.05, 0.1) is 26.0 Å². The largest absolute Gasteiger partial charge is 0.485 e. The number of halogens is 2. The Bertz CT molecular complexity index is 1070. The van der Waals surface area contributed by atoms with Crippen molar-refractivity contribution in [3.8, 4) is 5.75 Å². The summed E-state index contributed by atoms with van der Waals surface area (Å²) >= 11 is 0. The topological polar surface area (TPSA) is 84.0 Å². The Morgan fingerprint density at radius 3 is 2.84 bits per heavy atom. The number of H-pyrrole nitrogens is 1. The summed E-state index contributed by atoms with van der Waals surface area (Å²) in [5.74, 6) is -2.57. The first kappa shape index (κ1) is 21.0. The molecule has 8 nitrogen and oxygen atoms in total. The van der Waals surface area contributed by atoms with Crippen LogP contribution in [0.4, 0.5) is 20.4 Å². The molecule has 1 fully saturated rings. The molecule has 31 heavy (non-hydrogen) atoms. The molecule has 1 saturated heterocycles. The second-order valence-electron chi connectivity index (χ2n) is 6.84. The van der Waals surface area contributed by atoms with E-state index in [0.29, 0.717) is 26.3 Å². The number of aromatic amines is 1. The Morgan fingerprint density at radius 1 is 1.23 bits per heavy atom. The standard InChI is InChI=1S/C21H23F2N5O3/c1-29-10-11-31-19-17(22)20(26-21(18(19)23)28-6-8-30-9-7-28)27-25-13-14-12-24-16-5-3-2-4-15(14)16/h2-5,12-13,24H,6-11H2,1H3,(H,26,27). The maximum atomic E-state index is 15.0. The second kappa shape index (κ2) is 9.71. The van der Waals surface area contributed by atoms with Crippen molar-refractivity contribution in [3.05, 3.63) is 47.7 Å². The molecular formula is C21H23F2N5O3. The van der Waals surface area contributed by atoms with E-state index in [1.54, 1.807) is 17.3 Å². The van der Waals surface area contributed by atoms with E-state index >= 15 is 4.39 Å². The lowest BCUT2D eigenvalue weighted by Crippen LogP contribution is -2.37. The van der Waals surface area contributed by atoms with Gasteiger partial charge >= 0.3 is 0 Å². The molecule has 0 radical (unpaired) electrons. The molecule has 1 aliphatic heterocycles. The maximum Gasteiger partial charge on any atom is 0.212 e. The highest BCUT2D eigenvalue weighted by Crippen LogP contribution is 2.33. The summed E-state index contributed by atoms with van der Waals surface area (Å²) in [6.45, 7) is 1.92. The third kappa shape index (κ3) is 4.59. The summed E-state index contributed by atoms with van der Waals surface area (Å²) in [6.07, 6.45) is 3.34. The number of nitrogens with zero attached hydrogens (tertiary/aromatic N) is 3. The van der Waals surface area contributed by atoms with Crippen molar-refractivity contribution >= 4 is 28.8 Å². The Balaban J connectivity index is 1.62. The van der Waals surface area contributed by atoms with Crippen molar-refractivity contribution in [2.24, 2.45) is 5.10 Å². The molecule has 0 spiro atoms. The summed E-state index contributed by atoms with van der Waals surface area (Å²) in [5, 5.41) is 5.08. The minimum absolute atomic E-state index is 0.00501. The van der Waals surface area contributed by atoms with Crippen molar-refractivity contribution in [2.45, 2.75) is 0 Å². The van der Waals surface area contributed by atoms with Crippen LogP contribution < -0.4 is 15.1 Å². The lowest BCUT2D eigenvalue weighted by Gasteiger charge is -2.28. The lowest BCUT2D eigenvalue weighted by molar-refractivity contribution is 0.121. The van der Waals surface area contributed by atoms with E-state index in [9.17, 15) is 4.39 Å². The van der Waals surface area contributed by atoms with Gasteiger partial charge in [-0.1, -0.05) is 18.2 Å². The predicted molar refractivity (Wildman–Crippen MR) is 114 cm³/mol. The van der Waals surface area contributed by atoms with Crippen LogP contribution in [0.2, 0.25) is 0 Å². The average molecular weight is 431 g/mol. The van der Waals surface area contributed by atoms with Gasteiger partial charge in [0.2, 0.25) is 11.6 Å². The highest BCUT2D eigenvalue weighted by molar-refractivity contribution is 5.99. The van der Waals surface area contributed by atoms with E-state index in [0.717, 1.165) is 16.5 Å². The number of para-hydroxylation sites is 1. The summed E-state index contributed by atoms with van der Waals surface area (Å²) < 4.78 is 45.5. The minimum atomic E-state index is -0.957. The zero-order chi connectivity index (χ0) is 21.6. The normalized spacial score (nSPS) is 14.5. The number of hydrazone groups is 1. The number of rotatable bonds is 8. The van der Waals surface area contributed by atoms with Crippen LogP contribution in [0, 0.1) is 11.6 Å². The van der Waals surface area contributed by atoms with Crippen LogP contribution in [0.1, 0.15) is 5.56 Å². The zero-order valence-electron chi connectivity index (χ0n) is 17.0. The Labute approximate surface area is 177 Å². The first-order chi connectivity index (χ1) is 15.2. The molecule has 2 aromatic heterocycles. The number of morpholine rings is 1. The fraction of sp³-hybridized carbons (Fsp3) is 0.333. The molecule has 0 atom stereocenters. The molecule has 0 bridgehead atoms. The van der Waals surface area contributed by atoms with Crippen LogP contribution in [-0.2, 0) is 9.47 Å². The number of aromatic nitrogens is 2. The molecule has 0 aliphatic carbocycles. The van der Waals surface area contributed by atoms with Gasteiger partial charge in [0.1, 0.15) is 6.61 Å². The van der Waals surface area contributed by atoms with E-state index < -0.39 is 17.4 Å². The number of fused-ring (bicyclic) bond motifs is 1. The van der Waals surface area contributed by atoms with Gasteiger partial charge in [-0.25, -0.2) is 4.98 Å². The number of hydrogen-bond donors (Lipinski definition) is 2.